The van der Waals surface area contributed by atoms with E-state index in [9.17, 15) is 4.39 Å². The molecule has 2 nitrogen and oxygen atoms in total. The molecule has 0 N–H and O–H groups in total. The van der Waals surface area contributed by atoms with Crippen LogP contribution in [0.5, 0.6) is 0 Å². The summed E-state index contributed by atoms with van der Waals surface area (Å²) in [4.78, 5) is 0. The molecule has 156 valence electrons. The molecule has 0 spiro atoms. The van der Waals surface area contributed by atoms with Gasteiger partial charge in [-0.1, -0.05) is 43.2 Å². The molecule has 2 aliphatic carbocycles. The maximum absolute atomic E-state index is 13.1. The molecule has 2 fully saturated rings. The van der Waals surface area contributed by atoms with Crippen molar-refractivity contribution in [3.63, 3.8) is 0 Å². The normalized spacial score (nSPS) is 28.0. The van der Waals surface area contributed by atoms with E-state index in [4.69, 9.17) is 10.00 Å². The van der Waals surface area contributed by atoms with E-state index in [2.05, 4.69) is 6.08 Å². The molecule has 3 heteroatoms. The van der Waals surface area contributed by atoms with Gasteiger partial charge in [-0.2, -0.15) is 5.26 Å². The van der Waals surface area contributed by atoms with Gasteiger partial charge in [0.1, 0.15) is 5.82 Å². The van der Waals surface area contributed by atoms with Crippen LogP contribution >= 0.6 is 0 Å². The Morgan fingerprint density at radius 3 is 2.31 bits per heavy atom. The minimum atomic E-state index is -0.148. The van der Waals surface area contributed by atoms with Gasteiger partial charge in [-0.25, -0.2) is 4.39 Å². The van der Waals surface area contributed by atoms with Crippen LogP contribution in [0.1, 0.15) is 75.7 Å². The summed E-state index contributed by atoms with van der Waals surface area (Å²) in [5.41, 5.74) is 1.28. The van der Waals surface area contributed by atoms with Crippen molar-refractivity contribution >= 4 is 0 Å². The summed E-state index contributed by atoms with van der Waals surface area (Å²) in [6.45, 7) is 0.928. The van der Waals surface area contributed by atoms with Crippen molar-refractivity contribution in [2.75, 3.05) is 6.61 Å². The standard InChI is InChI=1S/C26H34FNO/c27-25-15-11-23(12-16-25)24-13-17-26(18-14-24)29-20-22-9-7-21(8-10-22)6-4-2-1-3-5-19-28/h1-3,5,11-12,15-16,21-22,24,26H,4,6-10,13-14,17-18,20H2/b2-1+,5-3+. The fourth-order valence-electron chi connectivity index (χ4n) is 4.86. The Morgan fingerprint density at radius 2 is 1.62 bits per heavy atom. The molecule has 0 aromatic heterocycles. The Kier molecular flexibility index (Phi) is 8.96. The molecular weight excluding hydrogens is 361 g/mol. The SMILES string of the molecule is N#C/C=C/C=C/CCC1CCC(COC2CCC(c3ccc(F)cc3)CC2)CC1. The first-order valence-corrected chi connectivity index (χ1v) is 11.3. The average Bonchev–Trinajstić information content (AvgIpc) is 2.76. The summed E-state index contributed by atoms with van der Waals surface area (Å²) in [6, 6.07) is 9.05. The summed E-state index contributed by atoms with van der Waals surface area (Å²) in [5.74, 6) is 2.00. The minimum Gasteiger partial charge on any atom is -0.378 e. The van der Waals surface area contributed by atoms with Crippen molar-refractivity contribution in [1.29, 1.82) is 5.26 Å². The van der Waals surface area contributed by atoms with Crippen LogP contribution in [0.4, 0.5) is 4.39 Å². The Balaban J connectivity index is 1.27. The van der Waals surface area contributed by atoms with Gasteiger partial charge in [-0.15, -0.1) is 0 Å². The van der Waals surface area contributed by atoms with Gasteiger partial charge in [0.2, 0.25) is 0 Å². The van der Waals surface area contributed by atoms with Gasteiger partial charge in [0.15, 0.2) is 0 Å². The molecule has 1 aromatic carbocycles. The lowest BCUT2D eigenvalue weighted by molar-refractivity contribution is -0.00475. The lowest BCUT2D eigenvalue weighted by Crippen LogP contribution is -2.25. The monoisotopic (exact) mass is 395 g/mol. The van der Waals surface area contributed by atoms with Gasteiger partial charge >= 0.3 is 0 Å². The van der Waals surface area contributed by atoms with E-state index < -0.39 is 0 Å². The quantitative estimate of drug-likeness (QED) is 0.348. The summed E-state index contributed by atoms with van der Waals surface area (Å²) < 4.78 is 19.4. The van der Waals surface area contributed by atoms with Crippen LogP contribution in [0.25, 0.3) is 0 Å². The van der Waals surface area contributed by atoms with Crippen molar-refractivity contribution in [1.82, 2.24) is 0 Å². The van der Waals surface area contributed by atoms with Crippen LogP contribution in [0.15, 0.2) is 48.6 Å². The summed E-state index contributed by atoms with van der Waals surface area (Å²) in [5, 5.41) is 8.45. The summed E-state index contributed by atoms with van der Waals surface area (Å²) >= 11 is 0. The molecule has 0 atom stereocenters. The number of rotatable bonds is 8. The van der Waals surface area contributed by atoms with Crippen molar-refractivity contribution in [3.8, 4) is 6.07 Å². The first-order valence-electron chi connectivity index (χ1n) is 11.3. The lowest BCUT2D eigenvalue weighted by atomic mass is 9.80. The molecule has 29 heavy (non-hydrogen) atoms. The molecule has 2 aliphatic rings. The zero-order chi connectivity index (χ0) is 20.3. The Hall–Kier alpha value is -1.92. The summed E-state index contributed by atoms with van der Waals surface area (Å²) in [6.07, 6.45) is 20.1. The Bertz CT molecular complexity index is 686. The van der Waals surface area contributed by atoms with Crippen molar-refractivity contribution < 1.29 is 9.13 Å². The number of ether oxygens (including phenoxy) is 1. The molecule has 3 rings (SSSR count). The summed E-state index contributed by atoms with van der Waals surface area (Å²) in [7, 11) is 0. The number of halogens is 1. The van der Waals surface area contributed by atoms with Crippen LogP contribution in [-0.2, 0) is 4.74 Å². The second kappa shape index (κ2) is 11.9. The first-order chi connectivity index (χ1) is 14.2. The molecule has 0 unspecified atom stereocenters. The first kappa shape index (κ1) is 21.8. The Morgan fingerprint density at radius 1 is 0.931 bits per heavy atom. The molecule has 0 aliphatic heterocycles. The van der Waals surface area contributed by atoms with Crippen LogP contribution < -0.4 is 0 Å². The molecule has 0 amide bonds. The van der Waals surface area contributed by atoms with E-state index in [0.29, 0.717) is 12.0 Å². The van der Waals surface area contributed by atoms with Crippen LogP contribution in [0.3, 0.4) is 0 Å². The zero-order valence-corrected chi connectivity index (χ0v) is 17.4. The van der Waals surface area contributed by atoms with Gasteiger partial charge < -0.3 is 4.74 Å². The van der Waals surface area contributed by atoms with E-state index in [1.54, 1.807) is 18.2 Å². The van der Waals surface area contributed by atoms with Gasteiger partial charge in [-0.05, 0) is 86.8 Å². The van der Waals surface area contributed by atoms with Crippen LogP contribution in [0, 0.1) is 29.0 Å². The maximum Gasteiger partial charge on any atom is 0.123 e. The van der Waals surface area contributed by atoms with Gasteiger partial charge in [0.05, 0.1) is 12.2 Å². The van der Waals surface area contributed by atoms with E-state index in [1.807, 2.05) is 24.3 Å². The maximum atomic E-state index is 13.1. The van der Waals surface area contributed by atoms with Crippen LogP contribution in [0.2, 0.25) is 0 Å². The molecule has 0 heterocycles. The third kappa shape index (κ3) is 7.44. The lowest BCUT2D eigenvalue weighted by Gasteiger charge is -2.32. The fraction of sp³-hybridized carbons (Fsp3) is 0.577. The number of nitriles is 1. The van der Waals surface area contributed by atoms with Gasteiger partial charge in [0.25, 0.3) is 0 Å². The number of hydrogen-bond acceptors (Lipinski definition) is 2. The average molecular weight is 396 g/mol. The van der Waals surface area contributed by atoms with Crippen molar-refractivity contribution in [2.24, 2.45) is 11.8 Å². The molecule has 0 bridgehead atoms. The minimum absolute atomic E-state index is 0.148. The highest BCUT2D eigenvalue weighted by Gasteiger charge is 2.25. The predicted octanol–water partition coefficient (Wildman–Crippen LogP) is 7.09. The van der Waals surface area contributed by atoms with E-state index >= 15 is 0 Å². The van der Waals surface area contributed by atoms with E-state index in [0.717, 1.165) is 50.5 Å². The number of benzene rings is 1. The molecule has 0 radical (unpaired) electrons. The van der Waals surface area contributed by atoms with Gasteiger partial charge in [-0.3, -0.25) is 0 Å². The molecular formula is C26H34FNO. The highest BCUT2D eigenvalue weighted by atomic mass is 19.1. The third-order valence-corrected chi connectivity index (χ3v) is 6.71. The smallest absolute Gasteiger partial charge is 0.123 e. The molecule has 2 saturated carbocycles. The molecule has 0 saturated heterocycles. The largest absolute Gasteiger partial charge is 0.378 e. The number of allylic oxidation sites excluding steroid dienone is 4. The third-order valence-electron chi connectivity index (χ3n) is 6.71. The second-order valence-corrected chi connectivity index (χ2v) is 8.74. The van der Waals surface area contributed by atoms with Crippen molar-refractivity contribution in [3.05, 3.63) is 60.0 Å². The van der Waals surface area contributed by atoms with Crippen LogP contribution in [-0.4, -0.2) is 12.7 Å². The number of hydrogen-bond donors (Lipinski definition) is 0. The molecule has 1 aromatic rings. The Labute approximate surface area is 175 Å². The predicted molar refractivity (Wildman–Crippen MR) is 116 cm³/mol. The zero-order valence-electron chi connectivity index (χ0n) is 17.4. The fourth-order valence-corrected chi connectivity index (χ4v) is 4.86. The highest BCUT2D eigenvalue weighted by molar-refractivity contribution is 5.21. The highest BCUT2D eigenvalue weighted by Crippen LogP contribution is 2.36. The van der Waals surface area contributed by atoms with E-state index in [1.165, 1.54) is 43.7 Å². The van der Waals surface area contributed by atoms with Crippen molar-refractivity contribution in [2.45, 2.75) is 76.2 Å². The number of nitrogens with zero attached hydrogens (tertiary/aromatic N) is 1. The second-order valence-electron chi connectivity index (χ2n) is 8.74. The van der Waals surface area contributed by atoms with Gasteiger partial charge in [0, 0.05) is 12.7 Å². The van der Waals surface area contributed by atoms with E-state index in [-0.39, 0.29) is 5.82 Å². The topological polar surface area (TPSA) is 33.0 Å².